The lowest BCUT2D eigenvalue weighted by atomic mass is 9.90. The Balaban J connectivity index is 1.54. The maximum atomic E-state index is 14.1. The van der Waals surface area contributed by atoms with Crippen molar-refractivity contribution < 1.29 is 28.2 Å². The monoisotopic (exact) mass is 585 g/mol. The summed E-state index contributed by atoms with van der Waals surface area (Å²) in [6.45, 7) is 8.49. The molecule has 0 unspecified atom stereocenters. The topological polar surface area (TPSA) is 90.9 Å². The summed E-state index contributed by atoms with van der Waals surface area (Å²) in [6, 6.07) is 7.04. The Morgan fingerprint density at radius 2 is 1.69 bits per heavy atom. The van der Waals surface area contributed by atoms with Gasteiger partial charge in [-0.15, -0.1) is 0 Å². The van der Waals surface area contributed by atoms with E-state index in [1.54, 1.807) is 23.1 Å². The molecule has 1 aliphatic heterocycles. The zero-order chi connectivity index (χ0) is 30.2. The molecule has 2 aromatic rings. The highest BCUT2D eigenvalue weighted by Gasteiger charge is 2.35. The molecule has 1 saturated carbocycles. The van der Waals surface area contributed by atoms with Gasteiger partial charge in [-0.05, 0) is 106 Å². The van der Waals surface area contributed by atoms with Gasteiger partial charge >= 0.3 is 0 Å². The van der Waals surface area contributed by atoms with Gasteiger partial charge in [0.25, 0.3) is 11.8 Å². The van der Waals surface area contributed by atoms with Crippen LogP contribution in [-0.2, 0) is 11.2 Å². The van der Waals surface area contributed by atoms with Crippen LogP contribution in [0.5, 0.6) is 0 Å². The van der Waals surface area contributed by atoms with Crippen molar-refractivity contribution in [1.82, 2.24) is 15.5 Å². The van der Waals surface area contributed by atoms with Gasteiger partial charge < -0.3 is 25.4 Å². The van der Waals surface area contributed by atoms with E-state index in [0.717, 1.165) is 37.5 Å². The molecule has 9 heteroatoms. The Hall–Kier alpha value is -2.88. The molecule has 0 bridgehead atoms. The third kappa shape index (κ3) is 9.06. The van der Waals surface area contributed by atoms with Crippen molar-refractivity contribution in [2.24, 2.45) is 5.92 Å². The zero-order valence-electron chi connectivity index (χ0n) is 25.0. The summed E-state index contributed by atoms with van der Waals surface area (Å²) in [5.74, 6) is -1.42. The van der Waals surface area contributed by atoms with Crippen LogP contribution < -0.4 is 10.6 Å². The normalized spacial score (nSPS) is 20.1. The van der Waals surface area contributed by atoms with Crippen LogP contribution in [0.1, 0.15) is 84.2 Å². The van der Waals surface area contributed by atoms with E-state index >= 15 is 0 Å². The van der Waals surface area contributed by atoms with Crippen LogP contribution >= 0.6 is 0 Å². The first kappa shape index (κ1) is 32.0. The van der Waals surface area contributed by atoms with Crippen LogP contribution in [0.15, 0.2) is 36.4 Å². The molecular weight excluding hydrogens is 540 g/mol. The van der Waals surface area contributed by atoms with Gasteiger partial charge in [0.05, 0.1) is 18.2 Å². The molecule has 4 atom stereocenters. The van der Waals surface area contributed by atoms with E-state index in [1.807, 2.05) is 20.8 Å². The number of benzene rings is 2. The second-order valence-corrected chi connectivity index (χ2v) is 11.9. The average Bonchev–Trinajstić information content (AvgIpc) is 3.79. The molecule has 3 N–H and O–H groups in total. The van der Waals surface area contributed by atoms with Crippen molar-refractivity contribution in [1.29, 1.82) is 0 Å². The lowest BCUT2D eigenvalue weighted by Crippen LogP contribution is -2.57. The molecule has 1 heterocycles. The number of nitrogens with one attached hydrogen (secondary N) is 2. The Morgan fingerprint density at radius 1 is 1.02 bits per heavy atom. The van der Waals surface area contributed by atoms with E-state index in [9.17, 15) is 23.5 Å². The fourth-order valence-corrected chi connectivity index (χ4v) is 5.73. The van der Waals surface area contributed by atoms with Gasteiger partial charge in [0.1, 0.15) is 11.6 Å². The number of aliphatic hydroxyl groups is 1. The van der Waals surface area contributed by atoms with E-state index in [1.165, 1.54) is 25.0 Å². The molecule has 0 aromatic heterocycles. The minimum Gasteiger partial charge on any atom is -0.389 e. The number of ether oxygens (including phenoxy) is 1. The molecule has 2 aliphatic rings. The average molecular weight is 586 g/mol. The van der Waals surface area contributed by atoms with E-state index in [-0.39, 0.29) is 30.0 Å². The number of carbonyl (C=O) groups is 2. The van der Waals surface area contributed by atoms with E-state index in [4.69, 9.17) is 4.74 Å². The van der Waals surface area contributed by atoms with Crippen LogP contribution in [0, 0.1) is 24.5 Å². The molecule has 4 rings (SSSR count). The number of piperidine rings is 1. The van der Waals surface area contributed by atoms with E-state index < -0.39 is 29.7 Å². The third-order valence-corrected chi connectivity index (χ3v) is 8.03. The number of amides is 2. The van der Waals surface area contributed by atoms with Crippen LogP contribution in [0.3, 0.4) is 0 Å². The van der Waals surface area contributed by atoms with Gasteiger partial charge in [-0.1, -0.05) is 13.8 Å². The summed E-state index contributed by atoms with van der Waals surface area (Å²) in [5, 5.41) is 17.8. The Morgan fingerprint density at radius 3 is 2.33 bits per heavy atom. The predicted molar refractivity (Wildman–Crippen MR) is 158 cm³/mol. The smallest absolute Gasteiger partial charge is 0.253 e. The van der Waals surface area contributed by atoms with Crippen LogP contribution in [-0.4, -0.2) is 72.4 Å². The van der Waals surface area contributed by atoms with Gasteiger partial charge in [0.15, 0.2) is 0 Å². The number of aliphatic hydroxyl groups excluding tert-OH is 1. The predicted octanol–water partition coefficient (Wildman–Crippen LogP) is 4.78. The van der Waals surface area contributed by atoms with Crippen molar-refractivity contribution in [3.63, 3.8) is 0 Å². The highest BCUT2D eigenvalue weighted by atomic mass is 19.1. The highest BCUT2D eigenvalue weighted by molar-refractivity contribution is 6.00. The van der Waals surface area contributed by atoms with Crippen LogP contribution in [0.25, 0.3) is 0 Å². The summed E-state index contributed by atoms with van der Waals surface area (Å²) >= 11 is 0. The lowest BCUT2D eigenvalue weighted by Gasteiger charge is -2.37. The summed E-state index contributed by atoms with van der Waals surface area (Å²) in [7, 11) is 0. The second kappa shape index (κ2) is 15.0. The maximum absolute atomic E-state index is 14.1. The Kier molecular flexibility index (Phi) is 11.5. The van der Waals surface area contributed by atoms with Gasteiger partial charge in [0, 0.05) is 42.9 Å². The first-order chi connectivity index (χ1) is 20.2. The fourth-order valence-electron chi connectivity index (χ4n) is 5.73. The molecule has 2 aromatic carbocycles. The summed E-state index contributed by atoms with van der Waals surface area (Å²) in [5.41, 5.74) is 1.80. The van der Waals surface area contributed by atoms with Gasteiger partial charge in [-0.2, -0.15) is 0 Å². The van der Waals surface area contributed by atoms with Crippen LogP contribution in [0.4, 0.5) is 8.78 Å². The van der Waals surface area contributed by atoms with Gasteiger partial charge in [-0.25, -0.2) is 8.78 Å². The minimum absolute atomic E-state index is 0.00556. The quantitative estimate of drug-likeness (QED) is 0.297. The Bertz CT molecular complexity index is 1200. The summed E-state index contributed by atoms with van der Waals surface area (Å²) in [4.78, 5) is 28.7. The number of carbonyl (C=O) groups excluding carboxylic acids is 2. The second-order valence-electron chi connectivity index (χ2n) is 11.9. The number of nitrogens with zero attached hydrogens (tertiary/aromatic N) is 1. The molecule has 1 aliphatic carbocycles. The largest absolute Gasteiger partial charge is 0.389 e. The zero-order valence-corrected chi connectivity index (χ0v) is 25.0. The number of rotatable bonds is 14. The molecule has 0 radical (unpaired) electrons. The van der Waals surface area contributed by atoms with Gasteiger partial charge in [0.2, 0.25) is 0 Å². The van der Waals surface area contributed by atoms with Crippen molar-refractivity contribution in [2.45, 2.75) is 90.0 Å². The molecule has 42 heavy (non-hydrogen) atoms. The van der Waals surface area contributed by atoms with Crippen LogP contribution in [0.2, 0.25) is 0 Å². The molecule has 2 amide bonds. The number of halogens is 2. The van der Waals surface area contributed by atoms with E-state index in [2.05, 4.69) is 10.6 Å². The molecule has 7 nitrogen and oxygen atoms in total. The number of hydrogen-bond acceptors (Lipinski definition) is 5. The van der Waals surface area contributed by atoms with Crippen molar-refractivity contribution in [2.75, 3.05) is 26.2 Å². The molecular formula is C33H45F2N3O4. The first-order valence-electron chi connectivity index (χ1n) is 15.4. The molecule has 2 fully saturated rings. The summed E-state index contributed by atoms with van der Waals surface area (Å²) < 4.78 is 34.2. The highest BCUT2D eigenvalue weighted by Crippen LogP contribution is 2.30. The summed E-state index contributed by atoms with van der Waals surface area (Å²) in [6.07, 6.45) is 4.39. The van der Waals surface area contributed by atoms with Crippen molar-refractivity contribution >= 4 is 11.8 Å². The van der Waals surface area contributed by atoms with E-state index in [0.29, 0.717) is 43.1 Å². The number of aryl methyl sites for hydroxylation is 1. The van der Waals surface area contributed by atoms with Crippen molar-refractivity contribution in [3.8, 4) is 0 Å². The molecule has 0 spiro atoms. The third-order valence-electron chi connectivity index (χ3n) is 8.03. The fraction of sp³-hybridized carbons (Fsp3) is 0.576. The number of hydrogen-bond donors (Lipinski definition) is 3. The molecule has 230 valence electrons. The SMILES string of the molecule is CCCN(CCC)C(=O)c1cc(C)cc(C(=O)N[C@@H](Cc2cc(F)cc(F)c2)[C@H](O)[C@H]2C[C@@H](OCC3CC3)CCN2)c1. The Labute approximate surface area is 248 Å². The minimum atomic E-state index is -1.05. The first-order valence-corrected chi connectivity index (χ1v) is 15.4. The maximum Gasteiger partial charge on any atom is 0.253 e. The lowest BCUT2D eigenvalue weighted by molar-refractivity contribution is -0.0114. The molecule has 1 saturated heterocycles. The van der Waals surface area contributed by atoms with Gasteiger partial charge in [-0.3, -0.25) is 9.59 Å². The van der Waals surface area contributed by atoms with Crippen molar-refractivity contribution in [3.05, 3.63) is 70.3 Å². The standard InChI is InChI=1S/C33H45F2N3O4/c1-4-10-38(11-5-2)33(41)25-13-21(3)12-24(17-25)32(40)37-30(16-23-14-26(34)18-27(35)15-23)31(39)29-19-28(8-9-36-29)42-20-22-6-7-22/h12-15,17-18,22,28-31,36,39H,4-11,16,19-20H2,1-3H3,(H,37,40)/t28-,29+,30-,31+/m0/s1.